The monoisotopic (exact) mass is 351 g/mol. The van der Waals surface area contributed by atoms with Crippen LogP contribution in [-0.4, -0.2) is 50.3 Å². The zero-order chi connectivity index (χ0) is 16.6. The Balaban J connectivity index is 1.32. The topological polar surface area (TPSA) is 53.6 Å². The lowest BCUT2D eigenvalue weighted by molar-refractivity contribution is 0.122. The Morgan fingerprint density at radius 2 is 2.17 bits per heavy atom. The first-order valence-corrected chi connectivity index (χ1v) is 10.1. The van der Waals surface area contributed by atoms with E-state index in [2.05, 4.69) is 33.0 Å². The van der Waals surface area contributed by atoms with Gasteiger partial charge in [0.2, 0.25) is 0 Å². The Morgan fingerprint density at radius 1 is 1.33 bits per heavy atom. The van der Waals surface area contributed by atoms with Crippen LogP contribution >= 0.6 is 11.3 Å². The first kappa shape index (κ1) is 17.7. The number of ether oxygens (including phenoxy) is 1. The van der Waals surface area contributed by atoms with Crippen molar-refractivity contribution in [1.82, 2.24) is 15.5 Å². The van der Waals surface area contributed by atoms with E-state index in [0.717, 1.165) is 38.6 Å². The fraction of sp³-hybridized carbons (Fsp3) is 0.722. The number of nitrogens with one attached hydrogen (secondary N) is 2. The van der Waals surface area contributed by atoms with Gasteiger partial charge in [-0.05, 0) is 62.6 Å². The van der Waals surface area contributed by atoms with Crippen LogP contribution in [0.4, 0.5) is 4.79 Å². The van der Waals surface area contributed by atoms with E-state index in [4.69, 9.17) is 4.74 Å². The second-order valence-corrected chi connectivity index (χ2v) is 7.76. The minimum Gasteiger partial charge on any atom is -0.381 e. The molecule has 1 atom stereocenters. The van der Waals surface area contributed by atoms with Crippen molar-refractivity contribution in [3.63, 3.8) is 0 Å². The molecule has 5 nitrogen and oxygen atoms in total. The Kier molecular flexibility index (Phi) is 6.93. The number of amides is 2. The van der Waals surface area contributed by atoms with E-state index >= 15 is 0 Å². The zero-order valence-corrected chi connectivity index (χ0v) is 15.2. The van der Waals surface area contributed by atoms with Crippen LogP contribution in [0.25, 0.3) is 0 Å². The number of nitrogens with zero attached hydrogens (tertiary/aromatic N) is 1. The highest BCUT2D eigenvalue weighted by Crippen LogP contribution is 2.29. The van der Waals surface area contributed by atoms with Gasteiger partial charge in [-0.2, -0.15) is 0 Å². The van der Waals surface area contributed by atoms with E-state index in [9.17, 15) is 4.79 Å². The summed E-state index contributed by atoms with van der Waals surface area (Å²) in [4.78, 5) is 15.8. The van der Waals surface area contributed by atoms with Crippen molar-refractivity contribution in [3.05, 3.63) is 22.4 Å². The van der Waals surface area contributed by atoms with Crippen molar-refractivity contribution < 1.29 is 9.53 Å². The zero-order valence-electron chi connectivity index (χ0n) is 14.3. The molecule has 1 saturated carbocycles. The summed E-state index contributed by atoms with van der Waals surface area (Å²) in [5.74, 6) is 0.807. The smallest absolute Gasteiger partial charge is 0.314 e. The van der Waals surface area contributed by atoms with Gasteiger partial charge >= 0.3 is 6.03 Å². The average molecular weight is 352 g/mol. The minimum atomic E-state index is -0.0713. The molecule has 1 aliphatic carbocycles. The van der Waals surface area contributed by atoms with E-state index in [1.54, 1.807) is 11.3 Å². The predicted molar refractivity (Wildman–Crippen MR) is 97.4 cm³/mol. The minimum absolute atomic E-state index is 0.0713. The maximum atomic E-state index is 12.0. The molecule has 1 saturated heterocycles. The van der Waals surface area contributed by atoms with Gasteiger partial charge in [-0.15, -0.1) is 11.3 Å². The van der Waals surface area contributed by atoms with Gasteiger partial charge in [0, 0.05) is 31.2 Å². The molecule has 0 bridgehead atoms. The molecule has 1 aliphatic heterocycles. The third-order valence-corrected chi connectivity index (χ3v) is 5.68. The first-order chi connectivity index (χ1) is 11.8. The first-order valence-electron chi connectivity index (χ1n) is 9.20. The molecule has 0 aromatic carbocycles. The van der Waals surface area contributed by atoms with E-state index in [0.29, 0.717) is 19.1 Å². The van der Waals surface area contributed by atoms with Crippen LogP contribution in [-0.2, 0) is 4.74 Å². The van der Waals surface area contributed by atoms with Crippen LogP contribution in [0, 0.1) is 5.92 Å². The van der Waals surface area contributed by atoms with E-state index < -0.39 is 0 Å². The largest absolute Gasteiger partial charge is 0.381 e. The second-order valence-electron chi connectivity index (χ2n) is 6.78. The summed E-state index contributed by atoms with van der Waals surface area (Å²) in [5, 5.41) is 8.08. The van der Waals surface area contributed by atoms with Gasteiger partial charge < -0.3 is 15.4 Å². The van der Waals surface area contributed by atoms with Crippen LogP contribution in [0.5, 0.6) is 0 Å². The number of hydrogen-bond acceptors (Lipinski definition) is 4. The van der Waals surface area contributed by atoms with Gasteiger partial charge in [0.15, 0.2) is 0 Å². The van der Waals surface area contributed by atoms with Crippen molar-refractivity contribution in [2.45, 2.75) is 38.1 Å². The lowest BCUT2D eigenvalue weighted by Gasteiger charge is -2.26. The molecule has 134 valence electrons. The summed E-state index contributed by atoms with van der Waals surface area (Å²) in [6.45, 7) is 5.23. The van der Waals surface area contributed by atoms with E-state index in [-0.39, 0.29) is 6.03 Å². The third-order valence-electron chi connectivity index (χ3n) is 4.71. The molecule has 2 fully saturated rings. The summed E-state index contributed by atoms with van der Waals surface area (Å²) in [5.41, 5.74) is 0. The molecule has 1 aromatic heterocycles. The van der Waals surface area contributed by atoms with Gasteiger partial charge in [-0.1, -0.05) is 6.07 Å². The van der Waals surface area contributed by atoms with Gasteiger partial charge in [0.05, 0.1) is 6.04 Å². The Bertz CT molecular complexity index is 484. The fourth-order valence-electron chi connectivity index (χ4n) is 3.11. The normalized spacial score (nSPS) is 19.3. The van der Waals surface area contributed by atoms with Gasteiger partial charge in [0.1, 0.15) is 0 Å². The molecule has 24 heavy (non-hydrogen) atoms. The molecular formula is C18H29N3O2S. The number of rotatable bonds is 10. The highest BCUT2D eigenvalue weighted by molar-refractivity contribution is 7.10. The summed E-state index contributed by atoms with van der Waals surface area (Å²) in [6.07, 6.45) is 6.04. The maximum absolute atomic E-state index is 12.0. The molecule has 3 rings (SSSR count). The van der Waals surface area contributed by atoms with Crippen LogP contribution in [0.3, 0.4) is 0 Å². The Hall–Kier alpha value is -1.11. The fourth-order valence-corrected chi connectivity index (χ4v) is 3.97. The lowest BCUT2D eigenvalue weighted by atomic mass is 10.2. The number of urea groups is 1. The molecule has 2 aliphatic rings. The van der Waals surface area contributed by atoms with Gasteiger partial charge in [-0.3, -0.25) is 4.90 Å². The summed E-state index contributed by atoms with van der Waals surface area (Å²) >= 11 is 1.77. The van der Waals surface area contributed by atoms with Gasteiger partial charge in [-0.25, -0.2) is 4.79 Å². The number of carbonyl (C=O) groups excluding carboxylic acids is 1. The van der Waals surface area contributed by atoms with Crippen LogP contribution in [0.15, 0.2) is 17.5 Å². The summed E-state index contributed by atoms with van der Waals surface area (Å²) < 4.78 is 5.58. The van der Waals surface area contributed by atoms with Crippen LogP contribution < -0.4 is 10.6 Å². The molecule has 2 N–H and O–H groups in total. The number of likely N-dealkylation sites (tertiary alicyclic amines) is 1. The standard InChI is InChI=1S/C18H29N3O2S/c22-18(19-8-4-11-23-14-15-6-7-15)20-13-16(17-5-3-12-24-17)21-9-1-2-10-21/h3,5,12,15-16H,1-2,4,6-11,13-14H2,(H2,19,20,22). The van der Waals surface area contributed by atoms with Crippen molar-refractivity contribution in [2.75, 3.05) is 39.4 Å². The average Bonchev–Trinajstić information content (AvgIpc) is 3.05. The van der Waals surface area contributed by atoms with Crippen molar-refractivity contribution >= 4 is 17.4 Å². The number of thiophene rings is 1. The Labute approximate surface area is 148 Å². The molecular weight excluding hydrogens is 322 g/mol. The molecule has 1 aromatic rings. The third kappa shape index (κ3) is 5.76. The quantitative estimate of drug-likeness (QED) is 0.637. The van der Waals surface area contributed by atoms with Crippen molar-refractivity contribution in [3.8, 4) is 0 Å². The van der Waals surface area contributed by atoms with Crippen molar-refractivity contribution in [1.29, 1.82) is 0 Å². The predicted octanol–water partition coefficient (Wildman–Crippen LogP) is 3.00. The lowest BCUT2D eigenvalue weighted by Crippen LogP contribution is -2.41. The molecule has 1 unspecified atom stereocenters. The highest BCUT2D eigenvalue weighted by Gasteiger charge is 2.24. The number of hydrogen-bond donors (Lipinski definition) is 2. The second kappa shape index (κ2) is 9.39. The van der Waals surface area contributed by atoms with Crippen LogP contribution in [0.2, 0.25) is 0 Å². The highest BCUT2D eigenvalue weighted by atomic mass is 32.1. The van der Waals surface area contributed by atoms with Crippen LogP contribution in [0.1, 0.15) is 43.0 Å². The van der Waals surface area contributed by atoms with E-state index in [1.807, 2.05) is 0 Å². The Morgan fingerprint density at radius 3 is 2.88 bits per heavy atom. The molecule has 2 heterocycles. The maximum Gasteiger partial charge on any atom is 0.314 e. The SMILES string of the molecule is O=C(NCCCOCC1CC1)NCC(c1cccs1)N1CCCC1. The van der Waals surface area contributed by atoms with E-state index in [1.165, 1.54) is 30.6 Å². The molecule has 0 radical (unpaired) electrons. The molecule has 2 amide bonds. The number of carbonyl (C=O) groups is 1. The summed E-state index contributed by atoms with van der Waals surface area (Å²) in [7, 11) is 0. The molecule has 0 spiro atoms. The van der Waals surface area contributed by atoms with Crippen molar-refractivity contribution in [2.24, 2.45) is 5.92 Å². The summed E-state index contributed by atoms with van der Waals surface area (Å²) in [6, 6.07) is 4.49. The van der Waals surface area contributed by atoms with Gasteiger partial charge in [0.25, 0.3) is 0 Å². The molecule has 6 heteroatoms.